The fraction of sp³-hybridized carbons (Fsp3) is 0.318. The van der Waals surface area contributed by atoms with Gasteiger partial charge in [0.05, 0.1) is 23.1 Å². The summed E-state index contributed by atoms with van der Waals surface area (Å²) >= 11 is 7.86. The maximum absolute atomic E-state index is 12.8. The molecule has 1 unspecified atom stereocenters. The molecular formula is C22H24ClN5O2S. The van der Waals surface area contributed by atoms with E-state index >= 15 is 0 Å². The molecule has 0 spiro atoms. The highest BCUT2D eigenvalue weighted by molar-refractivity contribution is 8.00. The van der Waals surface area contributed by atoms with Crippen molar-refractivity contribution in [1.29, 1.82) is 0 Å². The molecule has 1 aromatic heterocycles. The Labute approximate surface area is 190 Å². The number of nitrogens with zero attached hydrogens (tertiary/aromatic N) is 4. The predicted molar refractivity (Wildman–Crippen MR) is 125 cm³/mol. The lowest BCUT2D eigenvalue weighted by Gasteiger charge is -2.19. The predicted octanol–water partition coefficient (Wildman–Crippen LogP) is 4.65. The molecule has 1 aliphatic heterocycles. The summed E-state index contributed by atoms with van der Waals surface area (Å²) in [5, 5.41) is 12.6. The summed E-state index contributed by atoms with van der Waals surface area (Å²) in [6.45, 7) is 3.71. The number of halogens is 1. The molecule has 7 nitrogen and oxygen atoms in total. The van der Waals surface area contributed by atoms with Crippen molar-refractivity contribution < 1.29 is 9.53 Å². The molecule has 162 valence electrons. The Kier molecular flexibility index (Phi) is 6.67. The number of rotatable bonds is 7. The molecule has 9 heteroatoms. The number of thioether (sulfide) groups is 1. The van der Waals surface area contributed by atoms with Gasteiger partial charge in [0.25, 0.3) is 0 Å². The highest BCUT2D eigenvalue weighted by Crippen LogP contribution is 2.33. The van der Waals surface area contributed by atoms with Crippen LogP contribution in [0.1, 0.15) is 19.8 Å². The standard InChI is InChI=1S/C22H24ClN5O2S/c1-15(20(29)24-16-9-11-17(30-2)12-10-16)31-22-26-25-21(27-13-5-6-14-27)28(22)19-8-4-3-7-18(19)23/h3-4,7-12,15H,5-6,13-14H2,1-2H3,(H,24,29). The zero-order chi connectivity index (χ0) is 21.8. The van der Waals surface area contributed by atoms with E-state index in [2.05, 4.69) is 20.4 Å². The lowest BCUT2D eigenvalue weighted by Crippen LogP contribution is -2.24. The molecule has 2 heterocycles. The molecule has 4 rings (SSSR count). The number of anilines is 2. The second-order valence-corrected chi connectivity index (χ2v) is 8.96. The summed E-state index contributed by atoms with van der Waals surface area (Å²) in [7, 11) is 1.61. The normalized spacial score (nSPS) is 14.5. The third-order valence-corrected chi connectivity index (χ3v) is 6.47. The van der Waals surface area contributed by atoms with Gasteiger partial charge in [-0.1, -0.05) is 35.5 Å². The topological polar surface area (TPSA) is 72.3 Å². The quantitative estimate of drug-likeness (QED) is 0.521. The number of para-hydroxylation sites is 1. The Morgan fingerprint density at radius 3 is 2.52 bits per heavy atom. The molecule has 1 atom stereocenters. The number of amides is 1. The van der Waals surface area contributed by atoms with Crippen molar-refractivity contribution >= 4 is 40.9 Å². The highest BCUT2D eigenvalue weighted by Gasteiger charge is 2.26. The van der Waals surface area contributed by atoms with E-state index in [4.69, 9.17) is 16.3 Å². The molecule has 1 aliphatic rings. The van der Waals surface area contributed by atoms with Gasteiger partial charge >= 0.3 is 0 Å². The van der Waals surface area contributed by atoms with Crippen LogP contribution in [-0.2, 0) is 4.79 Å². The Morgan fingerprint density at radius 1 is 1.13 bits per heavy atom. The number of benzene rings is 2. The molecule has 1 amide bonds. The van der Waals surface area contributed by atoms with Crippen LogP contribution in [0.5, 0.6) is 5.75 Å². The van der Waals surface area contributed by atoms with E-state index in [9.17, 15) is 4.79 Å². The zero-order valence-corrected chi connectivity index (χ0v) is 19.0. The molecule has 1 N–H and O–H groups in total. The Morgan fingerprint density at radius 2 is 1.84 bits per heavy atom. The molecular weight excluding hydrogens is 434 g/mol. The Bertz CT molecular complexity index is 1050. The minimum atomic E-state index is -0.390. The number of aromatic nitrogens is 3. The van der Waals surface area contributed by atoms with Gasteiger partial charge in [0.1, 0.15) is 5.75 Å². The summed E-state index contributed by atoms with van der Waals surface area (Å²) in [5.41, 5.74) is 1.52. The number of hydrogen-bond donors (Lipinski definition) is 1. The average Bonchev–Trinajstić information content (AvgIpc) is 3.44. The number of carbonyl (C=O) groups is 1. The largest absolute Gasteiger partial charge is 0.497 e. The summed E-state index contributed by atoms with van der Waals surface area (Å²) < 4.78 is 7.11. The van der Waals surface area contributed by atoms with Crippen molar-refractivity contribution in [1.82, 2.24) is 14.8 Å². The van der Waals surface area contributed by atoms with E-state index in [1.807, 2.05) is 60.0 Å². The fourth-order valence-electron chi connectivity index (χ4n) is 3.43. The first-order valence-electron chi connectivity index (χ1n) is 10.1. The van der Waals surface area contributed by atoms with Crippen LogP contribution in [0.25, 0.3) is 5.69 Å². The van der Waals surface area contributed by atoms with Gasteiger partial charge in [-0.25, -0.2) is 0 Å². The van der Waals surface area contributed by atoms with Gasteiger partial charge in [0.2, 0.25) is 11.9 Å². The number of nitrogens with one attached hydrogen (secondary N) is 1. The highest BCUT2D eigenvalue weighted by atomic mass is 35.5. The van der Waals surface area contributed by atoms with Crippen LogP contribution in [0.2, 0.25) is 5.02 Å². The van der Waals surface area contributed by atoms with Gasteiger partial charge < -0.3 is 15.0 Å². The Hall–Kier alpha value is -2.71. The van der Waals surface area contributed by atoms with Gasteiger partial charge in [-0.05, 0) is 56.2 Å². The summed E-state index contributed by atoms with van der Waals surface area (Å²) in [5.74, 6) is 1.38. The minimum Gasteiger partial charge on any atom is -0.497 e. The first-order chi connectivity index (χ1) is 15.1. The van der Waals surface area contributed by atoms with Crippen LogP contribution in [0, 0.1) is 0 Å². The van der Waals surface area contributed by atoms with Crippen LogP contribution < -0.4 is 15.0 Å². The van der Waals surface area contributed by atoms with Gasteiger partial charge in [0.15, 0.2) is 5.16 Å². The molecule has 0 bridgehead atoms. The van der Waals surface area contributed by atoms with E-state index in [1.165, 1.54) is 11.8 Å². The maximum atomic E-state index is 12.8. The Balaban J connectivity index is 1.57. The average molecular weight is 458 g/mol. The first-order valence-corrected chi connectivity index (χ1v) is 11.4. The summed E-state index contributed by atoms with van der Waals surface area (Å²) in [6.07, 6.45) is 2.25. The molecule has 0 aliphatic carbocycles. The van der Waals surface area contributed by atoms with E-state index in [-0.39, 0.29) is 11.2 Å². The van der Waals surface area contributed by atoms with Crippen LogP contribution >= 0.6 is 23.4 Å². The van der Waals surface area contributed by atoms with E-state index in [0.717, 1.165) is 43.3 Å². The van der Waals surface area contributed by atoms with Gasteiger partial charge in [-0.2, -0.15) is 0 Å². The summed E-state index contributed by atoms with van der Waals surface area (Å²) in [4.78, 5) is 15.0. The van der Waals surface area contributed by atoms with Gasteiger partial charge in [-0.15, -0.1) is 10.2 Å². The monoisotopic (exact) mass is 457 g/mol. The fourth-order valence-corrected chi connectivity index (χ4v) is 4.51. The first kappa shape index (κ1) is 21.5. The zero-order valence-electron chi connectivity index (χ0n) is 17.4. The van der Waals surface area contributed by atoms with Gasteiger partial charge in [0, 0.05) is 18.8 Å². The van der Waals surface area contributed by atoms with Crippen LogP contribution in [0.3, 0.4) is 0 Å². The molecule has 1 saturated heterocycles. The van der Waals surface area contributed by atoms with Crippen molar-refractivity contribution in [3.63, 3.8) is 0 Å². The third-order valence-electron chi connectivity index (χ3n) is 5.11. The number of methoxy groups -OCH3 is 1. The van der Waals surface area contributed by atoms with E-state index < -0.39 is 0 Å². The third kappa shape index (κ3) is 4.80. The molecule has 31 heavy (non-hydrogen) atoms. The molecule has 2 aromatic carbocycles. The van der Waals surface area contributed by atoms with Crippen molar-refractivity contribution in [2.24, 2.45) is 0 Å². The summed E-state index contributed by atoms with van der Waals surface area (Å²) in [6, 6.07) is 14.9. The number of carbonyl (C=O) groups excluding carboxylic acids is 1. The van der Waals surface area contributed by atoms with Crippen molar-refractivity contribution in [2.75, 3.05) is 30.4 Å². The van der Waals surface area contributed by atoms with E-state index in [1.54, 1.807) is 7.11 Å². The smallest absolute Gasteiger partial charge is 0.237 e. The minimum absolute atomic E-state index is 0.119. The van der Waals surface area contributed by atoms with Crippen LogP contribution in [0.4, 0.5) is 11.6 Å². The second kappa shape index (κ2) is 9.62. The molecule has 0 radical (unpaired) electrons. The van der Waals surface area contributed by atoms with Gasteiger partial charge in [-0.3, -0.25) is 9.36 Å². The van der Waals surface area contributed by atoms with Crippen LogP contribution in [0.15, 0.2) is 53.7 Å². The molecule has 1 fully saturated rings. The molecule has 0 saturated carbocycles. The second-order valence-electron chi connectivity index (χ2n) is 7.24. The SMILES string of the molecule is COc1ccc(NC(=O)C(C)Sc2nnc(N3CCCC3)n2-c2ccccc2Cl)cc1. The van der Waals surface area contributed by atoms with Crippen molar-refractivity contribution in [2.45, 2.75) is 30.2 Å². The van der Waals surface area contributed by atoms with Crippen LogP contribution in [-0.4, -0.2) is 46.1 Å². The van der Waals surface area contributed by atoms with E-state index in [0.29, 0.717) is 15.9 Å². The lowest BCUT2D eigenvalue weighted by molar-refractivity contribution is -0.115. The lowest BCUT2D eigenvalue weighted by atomic mass is 10.3. The van der Waals surface area contributed by atoms with Crippen molar-refractivity contribution in [3.05, 3.63) is 53.6 Å². The van der Waals surface area contributed by atoms with Crippen molar-refractivity contribution in [3.8, 4) is 11.4 Å². The maximum Gasteiger partial charge on any atom is 0.237 e. The number of ether oxygens (including phenoxy) is 1. The molecule has 3 aromatic rings. The number of hydrogen-bond acceptors (Lipinski definition) is 6.